The van der Waals surface area contributed by atoms with Gasteiger partial charge in [0, 0.05) is 13.2 Å². The highest BCUT2D eigenvalue weighted by atomic mass is 35.5. The van der Waals surface area contributed by atoms with Crippen LogP contribution in [0.25, 0.3) is 11.3 Å². The van der Waals surface area contributed by atoms with Gasteiger partial charge >= 0.3 is 0 Å². The lowest BCUT2D eigenvalue weighted by molar-refractivity contribution is -0.127. The van der Waals surface area contributed by atoms with E-state index >= 15 is 0 Å². The summed E-state index contributed by atoms with van der Waals surface area (Å²) < 4.78 is 6.54. The van der Waals surface area contributed by atoms with Crippen molar-refractivity contribution < 1.29 is 19.1 Å². The van der Waals surface area contributed by atoms with Gasteiger partial charge in [-0.1, -0.05) is 30.3 Å². The molecule has 0 saturated heterocycles. The standard InChI is InChI=1S/C19H19ClN4O4/c1-24-10-13(15(23-24)12-7-8-28-17(12)20)19(27)22-14(16(25)18(21)26)9-11-5-3-2-4-6-11/h2-8,10,14,16,25H,9H2,1H3,(H2,21,26)(H,22,27). The number of halogens is 1. The summed E-state index contributed by atoms with van der Waals surface area (Å²) in [4.78, 5) is 24.4. The van der Waals surface area contributed by atoms with E-state index in [0.29, 0.717) is 11.3 Å². The largest absolute Gasteiger partial charge is 0.452 e. The van der Waals surface area contributed by atoms with Crippen molar-refractivity contribution in [1.82, 2.24) is 15.1 Å². The Morgan fingerprint density at radius 3 is 2.64 bits per heavy atom. The Morgan fingerprint density at radius 1 is 1.32 bits per heavy atom. The second-order valence-corrected chi connectivity index (χ2v) is 6.63. The average molecular weight is 403 g/mol. The van der Waals surface area contributed by atoms with Crippen LogP contribution in [0, 0.1) is 0 Å². The SMILES string of the molecule is Cn1cc(C(=O)NC(Cc2ccccc2)C(O)C(N)=O)c(-c2ccoc2Cl)n1. The molecular weight excluding hydrogens is 384 g/mol. The first-order chi connectivity index (χ1) is 13.4. The number of hydrogen-bond donors (Lipinski definition) is 3. The molecule has 9 heteroatoms. The second-order valence-electron chi connectivity index (χ2n) is 6.29. The van der Waals surface area contributed by atoms with Gasteiger partial charge in [-0.3, -0.25) is 14.3 Å². The molecule has 0 bridgehead atoms. The second kappa shape index (κ2) is 8.28. The molecule has 0 saturated carbocycles. The van der Waals surface area contributed by atoms with E-state index in [1.807, 2.05) is 30.3 Å². The van der Waals surface area contributed by atoms with E-state index in [1.54, 1.807) is 13.1 Å². The number of hydrogen-bond acceptors (Lipinski definition) is 5. The van der Waals surface area contributed by atoms with E-state index < -0.39 is 24.0 Å². The molecule has 0 spiro atoms. The van der Waals surface area contributed by atoms with Gasteiger partial charge in [-0.2, -0.15) is 5.10 Å². The van der Waals surface area contributed by atoms with Crippen molar-refractivity contribution in [3.8, 4) is 11.3 Å². The van der Waals surface area contributed by atoms with Crippen LogP contribution in [-0.4, -0.2) is 38.8 Å². The molecule has 0 fully saturated rings. The topological polar surface area (TPSA) is 123 Å². The molecule has 2 heterocycles. The molecule has 0 aliphatic carbocycles. The fourth-order valence-corrected chi connectivity index (χ4v) is 3.07. The summed E-state index contributed by atoms with van der Waals surface area (Å²) >= 11 is 6.02. The lowest BCUT2D eigenvalue weighted by Gasteiger charge is -2.22. The molecule has 3 rings (SSSR count). The Hall–Kier alpha value is -3.10. The number of carbonyl (C=O) groups excluding carboxylic acids is 2. The van der Waals surface area contributed by atoms with E-state index in [2.05, 4.69) is 10.4 Å². The third kappa shape index (κ3) is 4.24. The number of amides is 2. The Morgan fingerprint density at radius 2 is 2.04 bits per heavy atom. The number of aliphatic hydroxyl groups is 1. The molecule has 3 aromatic rings. The predicted octanol–water partition coefficient (Wildman–Crippen LogP) is 1.52. The first-order valence-electron chi connectivity index (χ1n) is 8.46. The number of primary amides is 1. The van der Waals surface area contributed by atoms with Crippen molar-refractivity contribution in [2.45, 2.75) is 18.6 Å². The molecule has 28 heavy (non-hydrogen) atoms. The molecule has 0 aliphatic rings. The van der Waals surface area contributed by atoms with Gasteiger partial charge in [0.2, 0.25) is 11.1 Å². The Labute approximate surface area is 165 Å². The highest BCUT2D eigenvalue weighted by molar-refractivity contribution is 6.31. The van der Waals surface area contributed by atoms with Crippen molar-refractivity contribution in [3.63, 3.8) is 0 Å². The number of nitrogens with two attached hydrogens (primary N) is 1. The van der Waals surface area contributed by atoms with Crippen LogP contribution in [0.5, 0.6) is 0 Å². The van der Waals surface area contributed by atoms with E-state index in [0.717, 1.165) is 5.56 Å². The van der Waals surface area contributed by atoms with E-state index in [4.69, 9.17) is 21.8 Å². The molecular formula is C19H19ClN4O4. The quantitative estimate of drug-likeness (QED) is 0.552. The maximum atomic E-state index is 12.9. The van der Waals surface area contributed by atoms with Gasteiger partial charge in [0.15, 0.2) is 6.10 Å². The van der Waals surface area contributed by atoms with Gasteiger partial charge < -0.3 is 20.6 Å². The van der Waals surface area contributed by atoms with Crippen molar-refractivity contribution in [3.05, 3.63) is 65.2 Å². The van der Waals surface area contributed by atoms with Crippen LogP contribution in [0.15, 0.2) is 53.3 Å². The van der Waals surface area contributed by atoms with Crippen LogP contribution in [0.3, 0.4) is 0 Å². The van der Waals surface area contributed by atoms with Crippen LogP contribution in [0.1, 0.15) is 15.9 Å². The Balaban J connectivity index is 1.88. The zero-order valence-electron chi connectivity index (χ0n) is 15.0. The predicted molar refractivity (Wildman–Crippen MR) is 103 cm³/mol. The minimum absolute atomic E-state index is 0.103. The summed E-state index contributed by atoms with van der Waals surface area (Å²) in [5.41, 5.74) is 7.09. The summed E-state index contributed by atoms with van der Waals surface area (Å²) in [6.07, 6.45) is 1.58. The molecule has 2 aromatic heterocycles. The first kappa shape index (κ1) is 19.7. The van der Waals surface area contributed by atoms with Crippen LogP contribution in [0.4, 0.5) is 0 Å². The molecule has 0 aliphatic heterocycles. The van der Waals surface area contributed by atoms with Gasteiger partial charge in [-0.15, -0.1) is 0 Å². The van der Waals surface area contributed by atoms with Crippen molar-refractivity contribution >= 4 is 23.4 Å². The number of aromatic nitrogens is 2. The summed E-state index contributed by atoms with van der Waals surface area (Å²) in [7, 11) is 1.66. The summed E-state index contributed by atoms with van der Waals surface area (Å²) in [5.74, 6) is -1.45. The molecule has 1 aromatic carbocycles. The lowest BCUT2D eigenvalue weighted by Crippen LogP contribution is -2.50. The van der Waals surface area contributed by atoms with Crippen molar-refractivity contribution in [2.24, 2.45) is 12.8 Å². The third-order valence-corrected chi connectivity index (χ3v) is 4.53. The summed E-state index contributed by atoms with van der Waals surface area (Å²) in [6.45, 7) is 0. The molecule has 2 amide bonds. The summed E-state index contributed by atoms with van der Waals surface area (Å²) in [5, 5.41) is 17.2. The first-order valence-corrected chi connectivity index (χ1v) is 8.83. The zero-order chi connectivity index (χ0) is 20.3. The number of aryl methyl sites for hydroxylation is 1. The fraction of sp³-hybridized carbons (Fsp3) is 0.211. The Bertz CT molecular complexity index is 983. The minimum atomic E-state index is -1.55. The maximum Gasteiger partial charge on any atom is 0.255 e. The van der Waals surface area contributed by atoms with Crippen molar-refractivity contribution in [1.29, 1.82) is 0 Å². The maximum absolute atomic E-state index is 12.9. The van der Waals surface area contributed by atoms with Crippen LogP contribution < -0.4 is 11.1 Å². The molecule has 4 N–H and O–H groups in total. The molecule has 146 valence electrons. The third-order valence-electron chi connectivity index (χ3n) is 4.23. The number of carbonyl (C=O) groups is 2. The molecule has 2 unspecified atom stereocenters. The van der Waals surface area contributed by atoms with Gasteiger partial charge in [-0.05, 0) is 29.7 Å². The number of aliphatic hydroxyl groups excluding tert-OH is 1. The van der Waals surface area contributed by atoms with Gasteiger partial charge in [0.25, 0.3) is 5.91 Å². The number of furan rings is 1. The molecule has 0 radical (unpaired) electrons. The van der Waals surface area contributed by atoms with Gasteiger partial charge in [0.05, 0.1) is 23.4 Å². The molecule has 2 atom stereocenters. The molecule has 8 nitrogen and oxygen atoms in total. The van der Waals surface area contributed by atoms with Gasteiger partial charge in [0.1, 0.15) is 5.69 Å². The number of nitrogens with one attached hydrogen (secondary N) is 1. The van der Waals surface area contributed by atoms with Crippen LogP contribution in [0.2, 0.25) is 5.22 Å². The number of benzene rings is 1. The van der Waals surface area contributed by atoms with Crippen LogP contribution in [-0.2, 0) is 18.3 Å². The average Bonchev–Trinajstić information content (AvgIpc) is 3.26. The van der Waals surface area contributed by atoms with E-state index in [1.165, 1.54) is 17.1 Å². The minimum Gasteiger partial charge on any atom is -0.452 e. The monoisotopic (exact) mass is 402 g/mol. The van der Waals surface area contributed by atoms with E-state index in [-0.39, 0.29) is 17.2 Å². The number of rotatable bonds is 7. The van der Waals surface area contributed by atoms with Gasteiger partial charge in [-0.25, -0.2) is 0 Å². The Kier molecular flexibility index (Phi) is 5.81. The highest BCUT2D eigenvalue weighted by Crippen LogP contribution is 2.30. The van der Waals surface area contributed by atoms with Crippen molar-refractivity contribution in [2.75, 3.05) is 0 Å². The van der Waals surface area contributed by atoms with Crippen LogP contribution >= 0.6 is 11.6 Å². The zero-order valence-corrected chi connectivity index (χ0v) is 15.8. The fourth-order valence-electron chi connectivity index (χ4n) is 2.87. The normalized spacial score (nSPS) is 13.1. The van der Waals surface area contributed by atoms with E-state index in [9.17, 15) is 14.7 Å². The lowest BCUT2D eigenvalue weighted by atomic mass is 10.00. The highest BCUT2D eigenvalue weighted by Gasteiger charge is 2.28. The smallest absolute Gasteiger partial charge is 0.255 e. The number of nitrogens with zero attached hydrogens (tertiary/aromatic N) is 2. The summed E-state index contributed by atoms with van der Waals surface area (Å²) in [6, 6.07) is 9.83.